The van der Waals surface area contributed by atoms with Gasteiger partial charge in [-0.05, 0) is 6.07 Å². The maximum atomic E-state index is 10.9. The molecule has 0 unspecified atom stereocenters. The standard InChI is InChI=1S/C11H11N3O4/c15-9-3-2-8(13-14-9)7-1-4-10(12-5-7)18-6-11(16)17/h1,4-5H,2-3,6H2,(H,14,15)(H,16,17). The molecule has 0 bridgehead atoms. The number of amides is 1. The molecule has 0 radical (unpaired) electrons. The number of carbonyl (C=O) groups is 2. The van der Waals surface area contributed by atoms with Gasteiger partial charge in [0, 0.05) is 30.7 Å². The van der Waals surface area contributed by atoms with Gasteiger partial charge in [0.25, 0.3) is 0 Å². The van der Waals surface area contributed by atoms with Crippen molar-refractivity contribution in [3.05, 3.63) is 23.9 Å². The molecule has 0 aliphatic carbocycles. The van der Waals surface area contributed by atoms with E-state index in [2.05, 4.69) is 15.5 Å². The van der Waals surface area contributed by atoms with Crippen LogP contribution in [-0.2, 0) is 9.59 Å². The van der Waals surface area contributed by atoms with E-state index >= 15 is 0 Å². The van der Waals surface area contributed by atoms with Gasteiger partial charge in [-0.2, -0.15) is 5.10 Å². The summed E-state index contributed by atoms with van der Waals surface area (Å²) in [7, 11) is 0. The summed E-state index contributed by atoms with van der Waals surface area (Å²) < 4.78 is 4.91. The Kier molecular flexibility index (Phi) is 3.52. The van der Waals surface area contributed by atoms with Gasteiger partial charge < -0.3 is 9.84 Å². The molecule has 0 aromatic carbocycles. The number of carbonyl (C=O) groups excluding carboxylic acids is 1. The Bertz CT molecular complexity index is 496. The fourth-order valence-electron chi connectivity index (χ4n) is 1.45. The number of rotatable bonds is 4. The van der Waals surface area contributed by atoms with E-state index in [0.717, 1.165) is 11.3 Å². The molecule has 0 saturated carbocycles. The molecule has 0 fully saturated rings. The third kappa shape index (κ3) is 3.03. The van der Waals surface area contributed by atoms with Crippen molar-refractivity contribution in [1.29, 1.82) is 0 Å². The van der Waals surface area contributed by atoms with E-state index in [1.165, 1.54) is 6.20 Å². The topological polar surface area (TPSA) is 101 Å². The lowest BCUT2D eigenvalue weighted by Crippen LogP contribution is -2.25. The van der Waals surface area contributed by atoms with E-state index in [-0.39, 0.29) is 11.8 Å². The lowest BCUT2D eigenvalue weighted by molar-refractivity contribution is -0.139. The highest BCUT2D eigenvalue weighted by molar-refractivity contribution is 6.03. The largest absolute Gasteiger partial charge is 0.479 e. The first-order valence-electron chi connectivity index (χ1n) is 5.31. The summed E-state index contributed by atoms with van der Waals surface area (Å²) in [5, 5.41) is 12.4. The summed E-state index contributed by atoms with van der Waals surface area (Å²) in [5.74, 6) is -0.921. The first-order chi connectivity index (χ1) is 8.65. The second-order valence-corrected chi connectivity index (χ2v) is 3.66. The monoisotopic (exact) mass is 249 g/mol. The number of hydrazone groups is 1. The number of aliphatic carboxylic acids is 1. The molecular weight excluding hydrogens is 238 g/mol. The van der Waals surface area contributed by atoms with Gasteiger partial charge in [-0.3, -0.25) is 4.79 Å². The number of carboxylic acids is 1. The minimum Gasteiger partial charge on any atom is -0.479 e. The summed E-state index contributed by atoms with van der Waals surface area (Å²) in [4.78, 5) is 25.2. The summed E-state index contributed by atoms with van der Waals surface area (Å²) in [6.45, 7) is -0.427. The Morgan fingerprint density at radius 2 is 2.28 bits per heavy atom. The van der Waals surface area contributed by atoms with Crippen LogP contribution in [0.25, 0.3) is 0 Å². The number of hydrogen-bond acceptors (Lipinski definition) is 5. The van der Waals surface area contributed by atoms with Crippen molar-refractivity contribution in [2.24, 2.45) is 5.10 Å². The summed E-state index contributed by atoms with van der Waals surface area (Å²) in [6, 6.07) is 3.29. The molecule has 1 aliphatic heterocycles. The average molecular weight is 249 g/mol. The fourth-order valence-corrected chi connectivity index (χ4v) is 1.45. The van der Waals surface area contributed by atoms with Gasteiger partial charge >= 0.3 is 5.97 Å². The number of carboxylic acid groups (broad SMARTS) is 1. The molecule has 0 saturated heterocycles. The highest BCUT2D eigenvalue weighted by Gasteiger charge is 2.13. The summed E-state index contributed by atoms with van der Waals surface area (Å²) in [5.41, 5.74) is 3.92. The Labute approximate surface area is 102 Å². The second-order valence-electron chi connectivity index (χ2n) is 3.66. The number of nitrogens with zero attached hydrogens (tertiary/aromatic N) is 2. The molecule has 7 nitrogen and oxygen atoms in total. The number of nitrogens with one attached hydrogen (secondary N) is 1. The van der Waals surface area contributed by atoms with Crippen LogP contribution in [0.1, 0.15) is 18.4 Å². The average Bonchev–Trinajstić information content (AvgIpc) is 2.38. The zero-order chi connectivity index (χ0) is 13.0. The van der Waals surface area contributed by atoms with Crippen LogP contribution in [0.15, 0.2) is 23.4 Å². The molecule has 2 heterocycles. The molecule has 0 atom stereocenters. The Morgan fingerprint density at radius 1 is 1.44 bits per heavy atom. The van der Waals surface area contributed by atoms with E-state index < -0.39 is 12.6 Å². The van der Waals surface area contributed by atoms with Gasteiger partial charge in [-0.25, -0.2) is 15.2 Å². The molecule has 94 valence electrons. The van der Waals surface area contributed by atoms with Crippen molar-refractivity contribution in [3.63, 3.8) is 0 Å². The fraction of sp³-hybridized carbons (Fsp3) is 0.273. The molecule has 2 rings (SSSR count). The molecule has 1 aliphatic rings. The van der Waals surface area contributed by atoms with Crippen molar-refractivity contribution in [2.75, 3.05) is 6.61 Å². The van der Waals surface area contributed by atoms with Gasteiger partial charge in [-0.1, -0.05) is 0 Å². The van der Waals surface area contributed by atoms with E-state index in [1.54, 1.807) is 12.1 Å². The molecule has 7 heteroatoms. The van der Waals surface area contributed by atoms with Crippen LogP contribution in [-0.4, -0.2) is 34.3 Å². The van der Waals surface area contributed by atoms with E-state index in [1.807, 2.05) is 0 Å². The third-order valence-corrected chi connectivity index (χ3v) is 2.32. The van der Waals surface area contributed by atoms with Crippen LogP contribution < -0.4 is 10.2 Å². The number of pyridine rings is 1. The molecular formula is C11H11N3O4. The van der Waals surface area contributed by atoms with Crippen LogP contribution in [0.4, 0.5) is 0 Å². The maximum absolute atomic E-state index is 10.9. The molecule has 1 aromatic heterocycles. The van der Waals surface area contributed by atoms with Crippen LogP contribution >= 0.6 is 0 Å². The van der Waals surface area contributed by atoms with Crippen molar-refractivity contribution in [2.45, 2.75) is 12.8 Å². The smallest absolute Gasteiger partial charge is 0.341 e. The third-order valence-electron chi connectivity index (χ3n) is 2.32. The van der Waals surface area contributed by atoms with Crippen molar-refractivity contribution in [1.82, 2.24) is 10.4 Å². The van der Waals surface area contributed by atoms with Crippen LogP contribution in [0.3, 0.4) is 0 Å². The molecule has 18 heavy (non-hydrogen) atoms. The Hall–Kier alpha value is -2.44. The summed E-state index contributed by atoms with van der Waals surface area (Å²) in [6.07, 6.45) is 2.49. The van der Waals surface area contributed by atoms with E-state index in [0.29, 0.717) is 12.8 Å². The Balaban J connectivity index is 2.03. The predicted octanol–water partition coefficient (Wildman–Crippen LogP) is 0.159. The van der Waals surface area contributed by atoms with Crippen LogP contribution in [0.5, 0.6) is 5.88 Å². The van der Waals surface area contributed by atoms with Gasteiger partial charge in [0.1, 0.15) is 0 Å². The van der Waals surface area contributed by atoms with Gasteiger partial charge in [-0.15, -0.1) is 0 Å². The minimum absolute atomic E-state index is 0.104. The van der Waals surface area contributed by atoms with Crippen LogP contribution in [0.2, 0.25) is 0 Å². The number of ether oxygens (including phenoxy) is 1. The van der Waals surface area contributed by atoms with Gasteiger partial charge in [0.05, 0.1) is 5.71 Å². The highest BCUT2D eigenvalue weighted by Crippen LogP contribution is 2.12. The van der Waals surface area contributed by atoms with Crippen LogP contribution in [0, 0.1) is 0 Å². The van der Waals surface area contributed by atoms with E-state index in [4.69, 9.17) is 9.84 Å². The molecule has 0 spiro atoms. The van der Waals surface area contributed by atoms with E-state index in [9.17, 15) is 9.59 Å². The lowest BCUT2D eigenvalue weighted by atomic mass is 10.1. The normalized spacial score (nSPS) is 14.7. The molecule has 1 amide bonds. The minimum atomic E-state index is -1.06. The van der Waals surface area contributed by atoms with Gasteiger partial charge in [0.2, 0.25) is 11.8 Å². The van der Waals surface area contributed by atoms with Gasteiger partial charge in [0.15, 0.2) is 6.61 Å². The number of aromatic nitrogens is 1. The maximum Gasteiger partial charge on any atom is 0.341 e. The zero-order valence-corrected chi connectivity index (χ0v) is 9.42. The van der Waals surface area contributed by atoms with Crippen molar-refractivity contribution >= 4 is 17.6 Å². The summed E-state index contributed by atoms with van der Waals surface area (Å²) >= 11 is 0. The highest BCUT2D eigenvalue weighted by atomic mass is 16.5. The SMILES string of the molecule is O=C(O)COc1ccc(C2=NNC(=O)CC2)cn1. The van der Waals surface area contributed by atoms with Crippen molar-refractivity contribution in [3.8, 4) is 5.88 Å². The lowest BCUT2D eigenvalue weighted by Gasteiger charge is -2.11. The quantitative estimate of drug-likeness (QED) is 0.791. The zero-order valence-electron chi connectivity index (χ0n) is 9.42. The first kappa shape index (κ1) is 12.0. The first-order valence-corrected chi connectivity index (χ1v) is 5.31. The predicted molar refractivity (Wildman–Crippen MR) is 61.3 cm³/mol. The second kappa shape index (κ2) is 5.26. The number of hydrogen-bond donors (Lipinski definition) is 2. The Morgan fingerprint density at radius 3 is 2.83 bits per heavy atom. The van der Waals surface area contributed by atoms with Crippen molar-refractivity contribution < 1.29 is 19.4 Å². The molecule has 2 N–H and O–H groups in total. The molecule has 1 aromatic rings.